The van der Waals surface area contributed by atoms with Crippen molar-refractivity contribution in [3.8, 4) is 5.75 Å². The van der Waals surface area contributed by atoms with Crippen LogP contribution in [0.2, 0.25) is 0 Å². The van der Waals surface area contributed by atoms with E-state index in [2.05, 4.69) is 10.6 Å². The summed E-state index contributed by atoms with van der Waals surface area (Å²) in [5.74, 6) is 0.214. The molecule has 0 spiro atoms. The van der Waals surface area contributed by atoms with Crippen molar-refractivity contribution in [2.45, 2.75) is 44.7 Å². The smallest absolute Gasteiger partial charge is 0.240 e. The van der Waals surface area contributed by atoms with E-state index in [0.29, 0.717) is 11.3 Å². The molecule has 1 aromatic rings. The Morgan fingerprint density at radius 2 is 2.27 bits per heavy atom. The topological polar surface area (TPSA) is 50.4 Å². The van der Waals surface area contributed by atoms with Gasteiger partial charge in [-0.2, -0.15) is 0 Å². The summed E-state index contributed by atoms with van der Waals surface area (Å²) in [4.78, 5) is 12.6. The van der Waals surface area contributed by atoms with Crippen LogP contribution in [-0.2, 0) is 4.79 Å². The van der Waals surface area contributed by atoms with E-state index in [9.17, 15) is 9.18 Å². The second kappa shape index (κ2) is 7.79. The second-order valence-electron chi connectivity index (χ2n) is 5.55. The Kier molecular flexibility index (Phi) is 6.63. The first-order chi connectivity index (χ1) is 10.0. The lowest BCUT2D eigenvalue weighted by Crippen LogP contribution is -2.53. The molecule has 0 aliphatic carbocycles. The zero-order chi connectivity index (χ0) is 15.5. The summed E-state index contributed by atoms with van der Waals surface area (Å²) < 4.78 is 18.7. The fourth-order valence-corrected chi connectivity index (χ4v) is 2.92. The van der Waals surface area contributed by atoms with E-state index in [1.807, 2.05) is 13.8 Å². The second-order valence-corrected chi connectivity index (χ2v) is 5.55. The molecule has 124 valence electrons. The van der Waals surface area contributed by atoms with Crippen LogP contribution in [0.4, 0.5) is 4.39 Å². The van der Waals surface area contributed by atoms with Gasteiger partial charge in [-0.3, -0.25) is 4.79 Å². The van der Waals surface area contributed by atoms with Crippen LogP contribution in [0.15, 0.2) is 18.2 Å². The number of halogens is 2. The van der Waals surface area contributed by atoms with E-state index in [0.717, 1.165) is 25.8 Å². The van der Waals surface area contributed by atoms with Gasteiger partial charge in [0.25, 0.3) is 0 Å². The van der Waals surface area contributed by atoms with Crippen molar-refractivity contribution < 1.29 is 13.9 Å². The molecule has 1 amide bonds. The summed E-state index contributed by atoms with van der Waals surface area (Å²) in [6.45, 7) is 4.71. The molecule has 22 heavy (non-hydrogen) atoms. The Morgan fingerprint density at radius 3 is 2.82 bits per heavy atom. The van der Waals surface area contributed by atoms with Crippen LogP contribution in [0, 0.1) is 5.82 Å². The molecule has 4 nitrogen and oxygen atoms in total. The monoisotopic (exact) mass is 330 g/mol. The normalized spacial score (nSPS) is 21.8. The summed E-state index contributed by atoms with van der Waals surface area (Å²) in [7, 11) is 1.54. The van der Waals surface area contributed by atoms with Crippen LogP contribution >= 0.6 is 12.4 Å². The van der Waals surface area contributed by atoms with E-state index in [4.69, 9.17) is 4.74 Å². The Hall–Kier alpha value is -1.33. The van der Waals surface area contributed by atoms with E-state index in [1.165, 1.54) is 19.2 Å². The first-order valence-corrected chi connectivity index (χ1v) is 7.42. The van der Waals surface area contributed by atoms with Gasteiger partial charge in [-0.05, 0) is 50.9 Å². The zero-order valence-electron chi connectivity index (χ0n) is 13.2. The average molecular weight is 331 g/mol. The third-order valence-corrected chi connectivity index (χ3v) is 4.29. The van der Waals surface area contributed by atoms with Crippen molar-refractivity contribution in [3.63, 3.8) is 0 Å². The molecule has 2 unspecified atom stereocenters. The highest BCUT2D eigenvalue weighted by Gasteiger charge is 2.39. The molecule has 6 heteroatoms. The SMILES string of the molecule is CCC1(C(=O)NC(C)c2cc(F)ccc2OC)CCCN1.Cl. The standard InChI is InChI=1S/C16H23FN2O2.ClH/c1-4-16(8-5-9-18-16)15(20)19-11(2)13-10-12(17)6-7-14(13)21-3;/h6-7,10-11,18H,4-5,8-9H2,1-3H3,(H,19,20);1H. The molecule has 2 atom stereocenters. The van der Waals surface area contributed by atoms with Crippen LogP contribution in [-0.4, -0.2) is 25.1 Å². The van der Waals surface area contributed by atoms with Crippen LogP contribution < -0.4 is 15.4 Å². The number of methoxy groups -OCH3 is 1. The molecule has 1 aliphatic heterocycles. The molecule has 1 aliphatic rings. The minimum Gasteiger partial charge on any atom is -0.496 e. The first kappa shape index (κ1) is 18.7. The van der Waals surface area contributed by atoms with Crippen molar-refractivity contribution in [1.29, 1.82) is 0 Å². The Bertz CT molecular complexity index is 519. The number of carbonyl (C=O) groups is 1. The van der Waals surface area contributed by atoms with Crippen LogP contribution in [0.1, 0.15) is 44.7 Å². The van der Waals surface area contributed by atoms with Gasteiger partial charge in [-0.15, -0.1) is 12.4 Å². The molecule has 1 fully saturated rings. The number of hydrogen-bond acceptors (Lipinski definition) is 3. The number of nitrogens with one attached hydrogen (secondary N) is 2. The van der Waals surface area contributed by atoms with Crippen LogP contribution in [0.5, 0.6) is 5.75 Å². The van der Waals surface area contributed by atoms with Gasteiger partial charge in [0.1, 0.15) is 11.6 Å². The van der Waals surface area contributed by atoms with E-state index in [-0.39, 0.29) is 30.2 Å². The van der Waals surface area contributed by atoms with Crippen molar-refractivity contribution in [2.24, 2.45) is 0 Å². The Balaban J connectivity index is 0.00000242. The van der Waals surface area contributed by atoms with Gasteiger partial charge in [-0.25, -0.2) is 4.39 Å². The van der Waals surface area contributed by atoms with E-state index >= 15 is 0 Å². The maximum absolute atomic E-state index is 13.4. The van der Waals surface area contributed by atoms with E-state index < -0.39 is 5.54 Å². The highest BCUT2D eigenvalue weighted by Crippen LogP contribution is 2.28. The van der Waals surface area contributed by atoms with Crippen LogP contribution in [0.25, 0.3) is 0 Å². The largest absolute Gasteiger partial charge is 0.496 e. The molecular weight excluding hydrogens is 307 g/mol. The first-order valence-electron chi connectivity index (χ1n) is 7.42. The molecular formula is C16H24ClFN2O2. The lowest BCUT2D eigenvalue weighted by Gasteiger charge is -2.29. The average Bonchev–Trinajstić information content (AvgIpc) is 2.97. The minimum atomic E-state index is -0.491. The van der Waals surface area contributed by atoms with E-state index in [1.54, 1.807) is 6.07 Å². The molecule has 1 heterocycles. The molecule has 2 N–H and O–H groups in total. The Labute approximate surface area is 137 Å². The third kappa shape index (κ3) is 3.70. The number of amides is 1. The fourth-order valence-electron chi connectivity index (χ4n) is 2.92. The number of carbonyl (C=O) groups excluding carboxylic acids is 1. The highest BCUT2D eigenvalue weighted by atomic mass is 35.5. The Morgan fingerprint density at radius 1 is 1.55 bits per heavy atom. The lowest BCUT2D eigenvalue weighted by atomic mass is 9.92. The summed E-state index contributed by atoms with van der Waals surface area (Å²) in [6, 6.07) is 4.03. The summed E-state index contributed by atoms with van der Waals surface area (Å²) in [5.41, 5.74) is 0.157. The van der Waals surface area contributed by atoms with Crippen molar-refractivity contribution in [1.82, 2.24) is 10.6 Å². The quantitative estimate of drug-likeness (QED) is 0.872. The van der Waals surface area contributed by atoms with Gasteiger partial charge in [0, 0.05) is 5.56 Å². The molecule has 2 rings (SSSR count). The van der Waals surface area contributed by atoms with Crippen molar-refractivity contribution in [3.05, 3.63) is 29.6 Å². The summed E-state index contributed by atoms with van der Waals surface area (Å²) in [6.07, 6.45) is 2.58. The maximum Gasteiger partial charge on any atom is 0.240 e. The van der Waals surface area contributed by atoms with Gasteiger partial charge in [0.05, 0.1) is 18.7 Å². The number of rotatable bonds is 5. The molecule has 1 aromatic carbocycles. The maximum atomic E-state index is 13.4. The minimum absolute atomic E-state index is 0. The highest BCUT2D eigenvalue weighted by molar-refractivity contribution is 5.87. The molecule has 0 bridgehead atoms. The fraction of sp³-hybridized carbons (Fsp3) is 0.562. The lowest BCUT2D eigenvalue weighted by molar-refractivity contribution is -0.128. The predicted octanol–water partition coefficient (Wildman–Crippen LogP) is 2.97. The van der Waals surface area contributed by atoms with Gasteiger partial charge in [-0.1, -0.05) is 6.92 Å². The van der Waals surface area contributed by atoms with Gasteiger partial charge in [0.2, 0.25) is 5.91 Å². The van der Waals surface area contributed by atoms with Gasteiger partial charge >= 0.3 is 0 Å². The number of benzene rings is 1. The van der Waals surface area contributed by atoms with Gasteiger partial charge in [0.15, 0.2) is 0 Å². The summed E-state index contributed by atoms with van der Waals surface area (Å²) >= 11 is 0. The number of ether oxygens (including phenoxy) is 1. The van der Waals surface area contributed by atoms with Crippen LogP contribution in [0.3, 0.4) is 0 Å². The van der Waals surface area contributed by atoms with Crippen molar-refractivity contribution in [2.75, 3.05) is 13.7 Å². The predicted molar refractivity (Wildman–Crippen MR) is 87.0 cm³/mol. The molecule has 0 aromatic heterocycles. The molecule has 0 radical (unpaired) electrons. The third-order valence-electron chi connectivity index (χ3n) is 4.29. The zero-order valence-corrected chi connectivity index (χ0v) is 14.1. The molecule has 0 saturated carbocycles. The number of hydrogen-bond donors (Lipinski definition) is 2. The van der Waals surface area contributed by atoms with Crippen molar-refractivity contribution >= 4 is 18.3 Å². The summed E-state index contributed by atoms with van der Waals surface area (Å²) in [5, 5.41) is 6.28. The molecule has 1 saturated heterocycles. The van der Waals surface area contributed by atoms with Gasteiger partial charge < -0.3 is 15.4 Å².